The number of carbonyl (C=O) groups is 1. The molecule has 2 aliphatic rings. The minimum atomic E-state index is 0.0841. The first-order valence-corrected chi connectivity index (χ1v) is 8.75. The van der Waals surface area contributed by atoms with Gasteiger partial charge in [0.25, 0.3) is 5.91 Å². The van der Waals surface area contributed by atoms with Gasteiger partial charge in [-0.1, -0.05) is 12.1 Å². The van der Waals surface area contributed by atoms with E-state index in [2.05, 4.69) is 22.4 Å². The molecule has 1 aromatic heterocycles. The number of rotatable bonds is 3. The zero-order valence-corrected chi connectivity index (χ0v) is 14.6. The fraction of sp³-hybridized carbons (Fsp3) is 0.400. The molecule has 0 radical (unpaired) electrons. The van der Waals surface area contributed by atoms with Gasteiger partial charge in [0.2, 0.25) is 0 Å². The van der Waals surface area contributed by atoms with Crippen LogP contribution in [-0.4, -0.2) is 42.5 Å². The van der Waals surface area contributed by atoms with Crippen LogP contribution in [0.25, 0.3) is 0 Å². The van der Waals surface area contributed by atoms with Crippen molar-refractivity contribution >= 4 is 5.91 Å². The number of nitrogens with zero attached hydrogens (tertiary/aromatic N) is 2. The van der Waals surface area contributed by atoms with Crippen LogP contribution >= 0.6 is 0 Å². The maximum Gasteiger partial charge on any atom is 0.256 e. The number of hydrogen-bond acceptors (Lipinski definition) is 4. The van der Waals surface area contributed by atoms with E-state index in [0.717, 1.165) is 30.9 Å². The highest BCUT2D eigenvalue weighted by molar-refractivity contribution is 5.95. The molecule has 0 aliphatic carbocycles. The van der Waals surface area contributed by atoms with Crippen molar-refractivity contribution in [3.05, 3.63) is 59.4 Å². The minimum absolute atomic E-state index is 0.0841. The number of nitrogens with one attached hydrogen (secondary N) is 1. The predicted octanol–water partition coefficient (Wildman–Crippen LogP) is 2.43. The van der Waals surface area contributed by atoms with Gasteiger partial charge < -0.3 is 15.0 Å². The van der Waals surface area contributed by atoms with Crippen molar-refractivity contribution in [1.29, 1.82) is 0 Å². The summed E-state index contributed by atoms with van der Waals surface area (Å²) in [6.45, 7) is 4.70. The Labute approximate surface area is 148 Å². The third-order valence-corrected chi connectivity index (χ3v) is 5.55. The molecule has 2 aromatic rings. The van der Waals surface area contributed by atoms with Gasteiger partial charge in [-0.3, -0.25) is 9.78 Å². The summed E-state index contributed by atoms with van der Waals surface area (Å²) < 4.78 is 5.28. The molecule has 5 nitrogen and oxygen atoms in total. The van der Waals surface area contributed by atoms with Gasteiger partial charge in [-0.15, -0.1) is 0 Å². The van der Waals surface area contributed by atoms with Crippen molar-refractivity contribution in [2.75, 3.05) is 26.7 Å². The Morgan fingerprint density at radius 3 is 2.76 bits per heavy atom. The molecule has 0 saturated carbocycles. The Balaban J connectivity index is 1.70. The normalized spacial score (nSPS) is 25.0. The number of amides is 1. The smallest absolute Gasteiger partial charge is 0.256 e. The second kappa shape index (κ2) is 6.48. The molecule has 1 N–H and O–H groups in total. The van der Waals surface area contributed by atoms with Crippen LogP contribution in [0.4, 0.5) is 0 Å². The van der Waals surface area contributed by atoms with E-state index < -0.39 is 0 Å². The molecule has 2 fully saturated rings. The van der Waals surface area contributed by atoms with E-state index in [1.165, 1.54) is 5.56 Å². The highest BCUT2D eigenvalue weighted by Gasteiger charge is 2.47. The third-order valence-electron chi connectivity index (χ3n) is 5.55. The summed E-state index contributed by atoms with van der Waals surface area (Å²) in [5, 5.41) is 3.48. The van der Waals surface area contributed by atoms with Gasteiger partial charge in [0.05, 0.1) is 18.7 Å². The highest BCUT2D eigenvalue weighted by atomic mass is 16.5. The molecule has 2 aliphatic heterocycles. The number of aromatic nitrogens is 1. The van der Waals surface area contributed by atoms with Crippen molar-refractivity contribution in [1.82, 2.24) is 15.2 Å². The van der Waals surface area contributed by atoms with Crippen LogP contribution in [0.3, 0.4) is 0 Å². The van der Waals surface area contributed by atoms with Crippen molar-refractivity contribution in [3.8, 4) is 5.75 Å². The van der Waals surface area contributed by atoms with Gasteiger partial charge in [-0.2, -0.15) is 0 Å². The lowest BCUT2D eigenvalue weighted by Crippen LogP contribution is -2.35. The fourth-order valence-electron chi connectivity index (χ4n) is 4.20. The lowest BCUT2D eigenvalue weighted by Gasteiger charge is -2.29. The lowest BCUT2D eigenvalue weighted by molar-refractivity contribution is 0.0713. The number of carbonyl (C=O) groups excluding carboxylic acids is 1. The molecule has 25 heavy (non-hydrogen) atoms. The number of ether oxygens (including phenoxy) is 1. The van der Waals surface area contributed by atoms with Crippen molar-refractivity contribution in [3.63, 3.8) is 0 Å². The topological polar surface area (TPSA) is 54.5 Å². The molecular weight excluding hydrogens is 314 g/mol. The van der Waals surface area contributed by atoms with Crippen LogP contribution in [0, 0.1) is 18.8 Å². The van der Waals surface area contributed by atoms with Crippen LogP contribution in [0.2, 0.25) is 0 Å². The molecule has 1 aromatic carbocycles. The average molecular weight is 337 g/mol. The average Bonchev–Trinajstić information content (AvgIpc) is 3.22. The molecule has 5 heteroatoms. The minimum Gasteiger partial charge on any atom is -0.497 e. The summed E-state index contributed by atoms with van der Waals surface area (Å²) in [7, 11) is 1.67. The van der Waals surface area contributed by atoms with Gasteiger partial charge in [0.1, 0.15) is 5.75 Å². The maximum atomic E-state index is 13.2. The number of benzene rings is 1. The fourth-order valence-corrected chi connectivity index (χ4v) is 4.20. The first-order valence-electron chi connectivity index (χ1n) is 8.75. The van der Waals surface area contributed by atoms with Gasteiger partial charge in [0, 0.05) is 37.9 Å². The van der Waals surface area contributed by atoms with Gasteiger partial charge in [-0.25, -0.2) is 0 Å². The van der Waals surface area contributed by atoms with Crippen molar-refractivity contribution in [2.45, 2.75) is 13.0 Å². The second-order valence-corrected chi connectivity index (χ2v) is 6.95. The Bertz CT molecular complexity index is 775. The number of methoxy groups -OCH3 is 1. The standard InChI is InChI=1S/C20H23N3O2/c1-13-7-8-21-10-17(13)20(24)23-12-15-9-22-11-18(15)19(23)14-3-5-16(25-2)6-4-14/h3-8,10,15,18-19,22H,9,11-12H2,1-2H3/t15-,18-,19-/m0/s1. The van der Waals surface area contributed by atoms with Gasteiger partial charge in [-0.05, 0) is 42.2 Å². The Hall–Kier alpha value is -2.40. The summed E-state index contributed by atoms with van der Waals surface area (Å²) in [5.74, 6) is 1.88. The van der Waals surface area contributed by atoms with Crippen molar-refractivity contribution in [2.24, 2.45) is 11.8 Å². The van der Waals surface area contributed by atoms with E-state index in [1.807, 2.05) is 30.0 Å². The molecule has 0 unspecified atom stereocenters. The van der Waals surface area contributed by atoms with Gasteiger partial charge >= 0.3 is 0 Å². The highest BCUT2D eigenvalue weighted by Crippen LogP contribution is 2.43. The van der Waals surface area contributed by atoms with Crippen LogP contribution in [0.5, 0.6) is 5.75 Å². The number of hydrogen-bond donors (Lipinski definition) is 1. The SMILES string of the molecule is COc1ccc([C@H]2[C@H]3CNC[C@H]3CN2C(=O)c2cnccc2C)cc1. The molecule has 2 saturated heterocycles. The van der Waals surface area contributed by atoms with E-state index in [0.29, 0.717) is 17.4 Å². The maximum absolute atomic E-state index is 13.2. The first-order chi connectivity index (χ1) is 12.2. The first kappa shape index (κ1) is 16.1. The van der Waals surface area contributed by atoms with E-state index in [-0.39, 0.29) is 11.9 Å². The lowest BCUT2D eigenvalue weighted by atomic mass is 9.89. The third kappa shape index (κ3) is 2.78. The molecular formula is C20H23N3O2. The summed E-state index contributed by atoms with van der Waals surface area (Å²) >= 11 is 0. The Morgan fingerprint density at radius 2 is 2.04 bits per heavy atom. The predicted molar refractivity (Wildman–Crippen MR) is 95.6 cm³/mol. The second-order valence-electron chi connectivity index (χ2n) is 6.95. The molecule has 1 amide bonds. The number of likely N-dealkylation sites (tertiary alicyclic amines) is 1. The van der Waals surface area contributed by atoms with E-state index >= 15 is 0 Å². The monoisotopic (exact) mass is 337 g/mol. The van der Waals surface area contributed by atoms with Crippen LogP contribution in [0.15, 0.2) is 42.7 Å². The van der Waals surface area contributed by atoms with Crippen LogP contribution < -0.4 is 10.1 Å². The molecule has 4 rings (SSSR count). The molecule has 0 spiro atoms. The summed E-state index contributed by atoms with van der Waals surface area (Å²) in [6.07, 6.45) is 3.42. The van der Waals surface area contributed by atoms with Gasteiger partial charge in [0.15, 0.2) is 0 Å². The molecule has 3 atom stereocenters. The van der Waals surface area contributed by atoms with E-state index in [9.17, 15) is 4.79 Å². The summed E-state index contributed by atoms with van der Waals surface area (Å²) in [4.78, 5) is 19.4. The zero-order chi connectivity index (χ0) is 17.4. The largest absolute Gasteiger partial charge is 0.497 e. The number of pyridine rings is 1. The Kier molecular flexibility index (Phi) is 4.17. The number of aryl methyl sites for hydroxylation is 1. The van der Waals surface area contributed by atoms with E-state index in [1.54, 1.807) is 19.5 Å². The summed E-state index contributed by atoms with van der Waals surface area (Å²) in [5.41, 5.74) is 2.85. The summed E-state index contributed by atoms with van der Waals surface area (Å²) in [6, 6.07) is 10.1. The van der Waals surface area contributed by atoms with Crippen molar-refractivity contribution < 1.29 is 9.53 Å². The van der Waals surface area contributed by atoms with Crippen LogP contribution in [-0.2, 0) is 0 Å². The molecule has 130 valence electrons. The number of fused-ring (bicyclic) bond motifs is 1. The quantitative estimate of drug-likeness (QED) is 0.935. The molecule has 3 heterocycles. The Morgan fingerprint density at radius 1 is 1.24 bits per heavy atom. The van der Waals surface area contributed by atoms with E-state index in [4.69, 9.17) is 4.74 Å². The zero-order valence-electron chi connectivity index (χ0n) is 14.6. The van der Waals surface area contributed by atoms with Crippen LogP contribution in [0.1, 0.15) is 27.5 Å². The molecule has 0 bridgehead atoms.